The second kappa shape index (κ2) is 11.7. The van der Waals surface area contributed by atoms with E-state index in [-0.39, 0.29) is 23.6 Å². The summed E-state index contributed by atoms with van der Waals surface area (Å²) in [4.78, 5) is 29.2. The molecule has 2 amide bonds. The van der Waals surface area contributed by atoms with Gasteiger partial charge in [0.2, 0.25) is 0 Å². The molecule has 1 aromatic heterocycles. The van der Waals surface area contributed by atoms with Crippen molar-refractivity contribution in [2.24, 2.45) is 0 Å². The van der Waals surface area contributed by atoms with Crippen molar-refractivity contribution in [3.63, 3.8) is 0 Å². The Bertz CT molecular complexity index is 1650. The van der Waals surface area contributed by atoms with Gasteiger partial charge in [0, 0.05) is 53.8 Å². The molecule has 5 rings (SSSR count). The van der Waals surface area contributed by atoms with Crippen molar-refractivity contribution in [3.05, 3.63) is 64.7 Å². The fourth-order valence-electron chi connectivity index (χ4n) is 6.65. The van der Waals surface area contributed by atoms with Crippen molar-refractivity contribution in [2.75, 3.05) is 14.1 Å². The SMILES string of the molecule is CC(C)N(C(=O)C1=Cc2ccccc2-c2c(C3CCCCC3)c3ccc(C(=O)NS(=O)(=O)N(C)C)cc3n2C1)C(C)C. The molecule has 42 heavy (non-hydrogen) atoms. The number of benzene rings is 2. The highest BCUT2D eigenvalue weighted by molar-refractivity contribution is 7.87. The van der Waals surface area contributed by atoms with Crippen molar-refractivity contribution in [1.82, 2.24) is 18.5 Å². The number of nitrogens with zero attached hydrogens (tertiary/aromatic N) is 3. The summed E-state index contributed by atoms with van der Waals surface area (Å²) in [6.07, 6.45) is 7.77. The first kappa shape index (κ1) is 30.0. The molecule has 0 radical (unpaired) electrons. The van der Waals surface area contributed by atoms with Crippen molar-refractivity contribution in [3.8, 4) is 11.3 Å². The molecule has 0 unspecified atom stereocenters. The van der Waals surface area contributed by atoms with E-state index in [4.69, 9.17) is 0 Å². The van der Waals surface area contributed by atoms with E-state index >= 15 is 0 Å². The number of rotatable bonds is 7. The Labute approximate surface area is 249 Å². The molecule has 0 saturated heterocycles. The molecule has 2 heterocycles. The van der Waals surface area contributed by atoms with Crippen molar-refractivity contribution < 1.29 is 18.0 Å². The monoisotopic (exact) mass is 590 g/mol. The van der Waals surface area contributed by atoms with Gasteiger partial charge in [-0.15, -0.1) is 0 Å². The first-order valence-corrected chi connectivity index (χ1v) is 16.4. The van der Waals surface area contributed by atoms with Crippen molar-refractivity contribution in [2.45, 2.75) is 84.3 Å². The maximum Gasteiger partial charge on any atom is 0.303 e. The molecule has 1 aliphatic carbocycles. The van der Waals surface area contributed by atoms with Crippen molar-refractivity contribution >= 4 is 39.0 Å². The zero-order valence-corrected chi connectivity index (χ0v) is 26.3. The average molecular weight is 591 g/mol. The number of carbonyl (C=O) groups excluding carboxylic acids is 2. The summed E-state index contributed by atoms with van der Waals surface area (Å²) in [5, 5.41) is 1.05. The van der Waals surface area contributed by atoms with Crippen LogP contribution in [0.15, 0.2) is 48.0 Å². The summed E-state index contributed by atoms with van der Waals surface area (Å²) in [5.41, 5.74) is 6.18. The third kappa shape index (κ3) is 5.52. The molecule has 1 fully saturated rings. The Morgan fingerprint density at radius 2 is 1.62 bits per heavy atom. The van der Waals surface area contributed by atoms with Crippen LogP contribution < -0.4 is 4.72 Å². The number of carbonyl (C=O) groups is 2. The highest BCUT2D eigenvalue weighted by Gasteiger charge is 2.32. The van der Waals surface area contributed by atoms with Gasteiger partial charge in [0.1, 0.15) is 0 Å². The second-order valence-electron chi connectivity index (χ2n) is 12.3. The van der Waals surface area contributed by atoms with Crippen LogP contribution in [0.5, 0.6) is 0 Å². The molecule has 1 saturated carbocycles. The summed E-state index contributed by atoms with van der Waals surface area (Å²) in [6.45, 7) is 8.49. The normalized spacial score (nSPS) is 15.9. The number of nitrogens with one attached hydrogen (secondary N) is 1. The molecule has 2 aromatic carbocycles. The molecule has 9 heteroatoms. The van der Waals surface area contributed by atoms with E-state index in [0.717, 1.165) is 44.9 Å². The Hall–Kier alpha value is -3.43. The maximum atomic E-state index is 14.1. The molecule has 0 bridgehead atoms. The Balaban J connectivity index is 1.74. The van der Waals surface area contributed by atoms with Gasteiger partial charge in [0.15, 0.2) is 0 Å². The lowest BCUT2D eigenvalue weighted by Crippen LogP contribution is -2.43. The highest BCUT2D eigenvalue weighted by atomic mass is 32.2. The largest absolute Gasteiger partial charge is 0.335 e. The van der Waals surface area contributed by atoms with E-state index in [2.05, 4.69) is 21.4 Å². The summed E-state index contributed by atoms with van der Waals surface area (Å²) in [7, 11) is -1.20. The molecule has 2 aliphatic rings. The van der Waals surface area contributed by atoms with E-state index in [1.165, 1.54) is 38.9 Å². The van der Waals surface area contributed by atoms with E-state index in [1.54, 1.807) is 12.1 Å². The lowest BCUT2D eigenvalue weighted by Gasteiger charge is -2.31. The number of amides is 2. The first-order valence-electron chi connectivity index (χ1n) is 14.9. The third-order valence-electron chi connectivity index (χ3n) is 8.58. The molecule has 1 N–H and O–H groups in total. The van der Waals surface area contributed by atoms with Crippen LogP contribution in [-0.2, 0) is 21.5 Å². The summed E-state index contributed by atoms with van der Waals surface area (Å²) < 4.78 is 30.2. The summed E-state index contributed by atoms with van der Waals surface area (Å²) in [6, 6.07) is 13.7. The van der Waals surface area contributed by atoms with E-state index in [1.807, 2.05) is 56.9 Å². The highest BCUT2D eigenvalue weighted by Crippen LogP contribution is 2.46. The molecule has 224 valence electrons. The van der Waals surface area contributed by atoms with Gasteiger partial charge in [-0.1, -0.05) is 49.6 Å². The Morgan fingerprint density at radius 1 is 0.952 bits per heavy atom. The lowest BCUT2D eigenvalue weighted by molar-refractivity contribution is -0.130. The smallest absolute Gasteiger partial charge is 0.303 e. The predicted octanol–water partition coefficient (Wildman–Crippen LogP) is 5.93. The molecule has 0 atom stereocenters. The van der Waals surface area contributed by atoms with Crippen molar-refractivity contribution in [1.29, 1.82) is 0 Å². The average Bonchev–Trinajstić information content (AvgIpc) is 3.15. The number of aromatic nitrogens is 1. The summed E-state index contributed by atoms with van der Waals surface area (Å²) in [5.74, 6) is -0.332. The fourth-order valence-corrected chi connectivity index (χ4v) is 7.18. The van der Waals surface area contributed by atoms with Crippen LogP contribution >= 0.6 is 0 Å². The van der Waals surface area contributed by atoms with E-state index in [9.17, 15) is 18.0 Å². The lowest BCUT2D eigenvalue weighted by atomic mass is 9.81. The summed E-state index contributed by atoms with van der Waals surface area (Å²) >= 11 is 0. The minimum absolute atomic E-state index is 0.00491. The second-order valence-corrected chi connectivity index (χ2v) is 14.2. The van der Waals surface area contributed by atoms with Crippen LogP contribution in [0.2, 0.25) is 0 Å². The molecular formula is C33H42N4O4S. The quantitative estimate of drug-likeness (QED) is 0.369. The Kier molecular flexibility index (Phi) is 8.36. The van der Waals surface area contributed by atoms with E-state index < -0.39 is 16.1 Å². The zero-order valence-electron chi connectivity index (χ0n) is 25.5. The van der Waals surface area contributed by atoms with Crippen LogP contribution in [-0.4, -0.2) is 60.2 Å². The molecule has 1 aliphatic heterocycles. The Morgan fingerprint density at radius 3 is 2.26 bits per heavy atom. The molecule has 8 nitrogen and oxygen atoms in total. The van der Waals surface area contributed by atoms with Gasteiger partial charge in [-0.2, -0.15) is 12.7 Å². The standard InChI is InChI=1S/C33H42N4O4S/c1-21(2)37(22(3)4)33(39)26-18-24-14-10-11-15-27(24)31-30(23-12-8-7-9-13-23)28-17-16-25(19-29(28)36(31)20-26)32(38)34-42(40,41)35(5)6/h10-11,14-19,21-23H,7-9,12-13,20H2,1-6H3,(H,34,38). The van der Waals surface area contributed by atoms with Gasteiger partial charge in [-0.3, -0.25) is 9.59 Å². The van der Waals surface area contributed by atoms with Gasteiger partial charge in [-0.05, 0) is 75.8 Å². The molecule has 3 aromatic rings. The van der Waals surface area contributed by atoms with E-state index in [0.29, 0.717) is 18.0 Å². The fraction of sp³-hybridized carbons (Fsp3) is 0.455. The first-order chi connectivity index (χ1) is 19.9. The topological polar surface area (TPSA) is 91.7 Å². The number of hydrogen-bond donors (Lipinski definition) is 1. The minimum Gasteiger partial charge on any atom is -0.335 e. The molecule has 0 spiro atoms. The van der Waals surface area contributed by atoms with Gasteiger partial charge < -0.3 is 9.47 Å². The third-order valence-corrected chi connectivity index (χ3v) is 9.98. The molecular weight excluding hydrogens is 548 g/mol. The van der Waals surface area contributed by atoms with Crippen LogP contribution in [0.25, 0.3) is 28.2 Å². The number of hydrogen-bond acceptors (Lipinski definition) is 4. The number of fused-ring (bicyclic) bond motifs is 5. The van der Waals surface area contributed by atoms with Crippen LogP contribution in [0.4, 0.5) is 0 Å². The van der Waals surface area contributed by atoms with Crippen LogP contribution in [0.3, 0.4) is 0 Å². The maximum absolute atomic E-state index is 14.1. The minimum atomic E-state index is -3.95. The van der Waals surface area contributed by atoms with Gasteiger partial charge in [-0.25, -0.2) is 4.72 Å². The predicted molar refractivity (Wildman–Crippen MR) is 168 cm³/mol. The zero-order chi connectivity index (χ0) is 30.3. The van der Waals surface area contributed by atoms with Crippen LogP contribution in [0.1, 0.15) is 87.2 Å². The van der Waals surface area contributed by atoms with Crippen LogP contribution in [0, 0.1) is 0 Å². The van der Waals surface area contributed by atoms with Gasteiger partial charge >= 0.3 is 10.2 Å². The van der Waals surface area contributed by atoms with Gasteiger partial charge in [0.25, 0.3) is 11.8 Å². The van der Waals surface area contributed by atoms with Gasteiger partial charge in [0.05, 0.1) is 12.2 Å².